The number of benzene rings is 1. The lowest BCUT2D eigenvalue weighted by molar-refractivity contribution is 0.103. The molecule has 0 aliphatic rings. The molecule has 1 heterocycles. The zero-order valence-electron chi connectivity index (χ0n) is 11.0. The molecule has 0 atom stereocenters. The summed E-state index contributed by atoms with van der Waals surface area (Å²) >= 11 is 0. The van der Waals surface area contributed by atoms with Crippen LogP contribution >= 0.6 is 0 Å². The fourth-order valence-corrected chi connectivity index (χ4v) is 2.19. The average molecular weight is 239 g/mol. The maximum Gasteiger partial charge on any atom is 0.193 e. The second-order valence-corrected chi connectivity index (χ2v) is 4.59. The fraction of sp³-hybridized carbons (Fsp3) is 0.250. The first-order valence-electron chi connectivity index (χ1n) is 6.17. The Morgan fingerprint density at radius 3 is 2.44 bits per heavy atom. The molecule has 0 fully saturated rings. The molecule has 0 bridgehead atoms. The van der Waals surface area contributed by atoms with E-state index in [2.05, 4.69) is 11.1 Å². The molecule has 2 rings (SSSR count). The van der Waals surface area contributed by atoms with Crippen LogP contribution in [0.25, 0.3) is 0 Å². The average Bonchev–Trinajstić information content (AvgIpc) is 2.36. The first-order chi connectivity index (χ1) is 8.61. The van der Waals surface area contributed by atoms with Crippen molar-refractivity contribution in [1.82, 2.24) is 4.98 Å². The molecule has 0 saturated carbocycles. The summed E-state index contributed by atoms with van der Waals surface area (Å²) in [6.45, 7) is 6.06. The quantitative estimate of drug-likeness (QED) is 0.767. The minimum Gasteiger partial charge on any atom is -0.289 e. The highest BCUT2D eigenvalue weighted by Gasteiger charge is 2.13. The first kappa shape index (κ1) is 12.5. The first-order valence-corrected chi connectivity index (χ1v) is 6.17. The van der Waals surface area contributed by atoms with Crippen LogP contribution in [0.2, 0.25) is 0 Å². The molecule has 0 saturated heterocycles. The zero-order valence-corrected chi connectivity index (χ0v) is 11.0. The van der Waals surface area contributed by atoms with Crippen LogP contribution in [0, 0.1) is 13.8 Å². The number of aromatic nitrogens is 1. The van der Waals surface area contributed by atoms with E-state index in [0.29, 0.717) is 0 Å². The normalized spacial score (nSPS) is 10.4. The maximum atomic E-state index is 12.5. The number of carbonyl (C=O) groups excluding carboxylic acids is 1. The minimum atomic E-state index is 0.0843. The van der Waals surface area contributed by atoms with E-state index >= 15 is 0 Å². The summed E-state index contributed by atoms with van der Waals surface area (Å²) < 4.78 is 0. The van der Waals surface area contributed by atoms with Gasteiger partial charge in [-0.3, -0.25) is 9.78 Å². The van der Waals surface area contributed by atoms with Crippen LogP contribution < -0.4 is 0 Å². The van der Waals surface area contributed by atoms with Crippen LogP contribution in [0.5, 0.6) is 0 Å². The van der Waals surface area contributed by atoms with Crippen LogP contribution in [0.15, 0.2) is 36.7 Å². The third-order valence-electron chi connectivity index (χ3n) is 3.01. The van der Waals surface area contributed by atoms with E-state index in [9.17, 15) is 4.79 Å². The highest BCUT2D eigenvalue weighted by molar-refractivity contribution is 6.10. The highest BCUT2D eigenvalue weighted by Crippen LogP contribution is 2.16. The molecule has 18 heavy (non-hydrogen) atoms. The van der Waals surface area contributed by atoms with Crippen LogP contribution in [0.1, 0.15) is 39.5 Å². The Bertz CT molecular complexity index is 567. The Hall–Kier alpha value is -1.96. The Kier molecular flexibility index (Phi) is 3.56. The van der Waals surface area contributed by atoms with Gasteiger partial charge in [0.2, 0.25) is 0 Å². The molecule has 2 nitrogen and oxygen atoms in total. The predicted octanol–water partition coefficient (Wildman–Crippen LogP) is 3.49. The van der Waals surface area contributed by atoms with E-state index in [0.717, 1.165) is 34.2 Å². The van der Waals surface area contributed by atoms with Gasteiger partial charge >= 0.3 is 0 Å². The molecule has 0 aliphatic heterocycles. The minimum absolute atomic E-state index is 0.0843. The Labute approximate surface area is 108 Å². The molecule has 2 heteroatoms. The standard InChI is InChI=1S/C16H17NO/c1-4-13-10-17-6-5-15(13)16(18)14-8-11(2)7-12(3)9-14/h5-10H,4H2,1-3H3. The third-order valence-corrected chi connectivity index (χ3v) is 3.01. The van der Waals surface area contributed by atoms with Gasteiger partial charge in [-0.25, -0.2) is 0 Å². The molecule has 0 aliphatic carbocycles. The van der Waals surface area contributed by atoms with E-state index < -0.39 is 0 Å². The molecule has 0 radical (unpaired) electrons. The number of carbonyl (C=O) groups is 1. The molecule has 2 aromatic rings. The molecule has 1 aromatic heterocycles. The van der Waals surface area contributed by atoms with E-state index in [1.807, 2.05) is 32.9 Å². The second kappa shape index (κ2) is 5.13. The summed E-state index contributed by atoms with van der Waals surface area (Å²) in [4.78, 5) is 16.6. The van der Waals surface area contributed by atoms with Gasteiger partial charge in [-0.15, -0.1) is 0 Å². The Morgan fingerprint density at radius 1 is 1.17 bits per heavy atom. The molecular weight excluding hydrogens is 222 g/mol. The molecule has 0 unspecified atom stereocenters. The number of rotatable bonds is 3. The zero-order chi connectivity index (χ0) is 13.1. The van der Waals surface area contributed by atoms with Crippen molar-refractivity contribution < 1.29 is 4.79 Å². The van der Waals surface area contributed by atoms with Crippen LogP contribution in [-0.2, 0) is 6.42 Å². The SMILES string of the molecule is CCc1cnccc1C(=O)c1cc(C)cc(C)c1. The molecule has 1 aromatic carbocycles. The van der Waals surface area contributed by atoms with Crippen molar-refractivity contribution in [3.8, 4) is 0 Å². The van der Waals surface area contributed by atoms with Gasteiger partial charge < -0.3 is 0 Å². The molecule has 0 amide bonds. The Morgan fingerprint density at radius 2 is 1.83 bits per heavy atom. The number of hydrogen-bond acceptors (Lipinski definition) is 2. The fourth-order valence-electron chi connectivity index (χ4n) is 2.19. The van der Waals surface area contributed by atoms with Crippen LogP contribution in [0.4, 0.5) is 0 Å². The van der Waals surface area contributed by atoms with Crippen LogP contribution in [-0.4, -0.2) is 10.8 Å². The lowest BCUT2D eigenvalue weighted by atomic mass is 9.96. The summed E-state index contributed by atoms with van der Waals surface area (Å²) in [5, 5.41) is 0. The predicted molar refractivity (Wildman–Crippen MR) is 73.0 cm³/mol. The van der Waals surface area contributed by atoms with E-state index in [-0.39, 0.29) is 5.78 Å². The van der Waals surface area contributed by atoms with Gasteiger partial charge in [0.25, 0.3) is 0 Å². The molecule has 0 N–H and O–H groups in total. The summed E-state index contributed by atoms with van der Waals surface area (Å²) in [5.74, 6) is 0.0843. The summed E-state index contributed by atoms with van der Waals surface area (Å²) in [6, 6.07) is 7.76. The van der Waals surface area contributed by atoms with E-state index in [4.69, 9.17) is 0 Å². The van der Waals surface area contributed by atoms with Crippen molar-refractivity contribution >= 4 is 5.78 Å². The monoisotopic (exact) mass is 239 g/mol. The lowest BCUT2D eigenvalue weighted by Gasteiger charge is -2.07. The summed E-state index contributed by atoms with van der Waals surface area (Å²) in [6.07, 6.45) is 4.27. The van der Waals surface area contributed by atoms with Gasteiger partial charge in [-0.05, 0) is 44.0 Å². The van der Waals surface area contributed by atoms with Crippen molar-refractivity contribution in [3.63, 3.8) is 0 Å². The summed E-state index contributed by atoms with van der Waals surface area (Å²) in [5.41, 5.74) is 4.75. The van der Waals surface area contributed by atoms with Crippen molar-refractivity contribution in [2.45, 2.75) is 27.2 Å². The van der Waals surface area contributed by atoms with Crippen molar-refractivity contribution in [1.29, 1.82) is 0 Å². The lowest BCUT2D eigenvalue weighted by Crippen LogP contribution is -2.06. The molecular formula is C16H17NO. The van der Waals surface area contributed by atoms with Crippen molar-refractivity contribution in [3.05, 3.63) is 64.5 Å². The van der Waals surface area contributed by atoms with Gasteiger partial charge in [0, 0.05) is 23.5 Å². The van der Waals surface area contributed by atoms with Gasteiger partial charge in [0.15, 0.2) is 5.78 Å². The largest absolute Gasteiger partial charge is 0.289 e. The number of hydrogen-bond donors (Lipinski definition) is 0. The maximum absolute atomic E-state index is 12.5. The Balaban J connectivity index is 2.47. The smallest absolute Gasteiger partial charge is 0.193 e. The van der Waals surface area contributed by atoms with Crippen molar-refractivity contribution in [2.75, 3.05) is 0 Å². The molecule has 92 valence electrons. The number of pyridine rings is 1. The van der Waals surface area contributed by atoms with Crippen LogP contribution in [0.3, 0.4) is 0 Å². The number of ketones is 1. The number of nitrogens with zero attached hydrogens (tertiary/aromatic N) is 1. The topological polar surface area (TPSA) is 30.0 Å². The second-order valence-electron chi connectivity index (χ2n) is 4.59. The van der Waals surface area contributed by atoms with Gasteiger partial charge in [-0.1, -0.05) is 24.1 Å². The third kappa shape index (κ3) is 2.48. The molecule has 0 spiro atoms. The summed E-state index contributed by atoms with van der Waals surface area (Å²) in [7, 11) is 0. The van der Waals surface area contributed by atoms with Gasteiger partial charge in [0.05, 0.1) is 0 Å². The van der Waals surface area contributed by atoms with Gasteiger partial charge in [0.1, 0.15) is 0 Å². The number of aryl methyl sites for hydroxylation is 3. The van der Waals surface area contributed by atoms with Gasteiger partial charge in [-0.2, -0.15) is 0 Å². The van der Waals surface area contributed by atoms with Crippen molar-refractivity contribution in [2.24, 2.45) is 0 Å². The van der Waals surface area contributed by atoms with E-state index in [1.165, 1.54) is 0 Å². The van der Waals surface area contributed by atoms with E-state index in [1.54, 1.807) is 18.5 Å². The highest BCUT2D eigenvalue weighted by atomic mass is 16.1.